The minimum absolute atomic E-state index is 0.248. The number of nitrogens with two attached hydrogens (primary N) is 2. The molecule has 0 unspecified atom stereocenters. The smallest absolute Gasteiger partial charge is 0.254 e. The first kappa shape index (κ1) is 20.6. The minimum Gasteiger partial charge on any atom is -0.365 e. The Morgan fingerprint density at radius 1 is 1.34 bits per heavy atom. The van der Waals surface area contributed by atoms with Crippen LogP contribution in [0, 0.1) is 0 Å². The highest BCUT2D eigenvalue weighted by atomic mass is 16.1. The maximum atomic E-state index is 12.1. The highest BCUT2D eigenvalue weighted by Crippen LogP contribution is 2.26. The van der Waals surface area contributed by atoms with Crippen LogP contribution in [0.2, 0.25) is 0 Å². The van der Waals surface area contributed by atoms with Crippen molar-refractivity contribution in [3.8, 4) is 0 Å². The second-order valence-electron chi connectivity index (χ2n) is 7.49. The first-order valence-electron chi connectivity index (χ1n) is 9.88. The summed E-state index contributed by atoms with van der Waals surface area (Å²) in [6, 6.07) is 1.86. The third-order valence-electron chi connectivity index (χ3n) is 5.23. The minimum atomic E-state index is -0.577. The fourth-order valence-electron chi connectivity index (χ4n) is 3.62. The summed E-state index contributed by atoms with van der Waals surface area (Å²) in [5.74, 6) is 0.296. The molecule has 1 aliphatic carbocycles. The van der Waals surface area contributed by atoms with E-state index >= 15 is 0 Å². The molecule has 1 amide bonds. The molecule has 1 aliphatic heterocycles. The van der Waals surface area contributed by atoms with Gasteiger partial charge in [-0.15, -0.1) is 0 Å². The van der Waals surface area contributed by atoms with Gasteiger partial charge in [-0.25, -0.2) is 0 Å². The maximum absolute atomic E-state index is 12.1. The van der Waals surface area contributed by atoms with Gasteiger partial charge < -0.3 is 27.4 Å². The van der Waals surface area contributed by atoms with Gasteiger partial charge in [-0.2, -0.15) is 4.99 Å². The Hall–Kier alpha value is -3.13. The molecule has 29 heavy (non-hydrogen) atoms. The predicted octanol–water partition coefficient (Wildman–Crippen LogP) is 1.95. The molecule has 0 aromatic carbocycles. The Labute approximate surface area is 171 Å². The van der Waals surface area contributed by atoms with Crippen molar-refractivity contribution in [2.24, 2.45) is 16.5 Å². The molecule has 0 atom stereocenters. The SMILES string of the molecule is C=Cc1cncc(NC2=C(C(N)=O)C(=CC)NC(NCC3(N)CCCCC3)=N2)c1. The van der Waals surface area contributed by atoms with E-state index in [-0.39, 0.29) is 11.1 Å². The summed E-state index contributed by atoms with van der Waals surface area (Å²) in [4.78, 5) is 20.8. The van der Waals surface area contributed by atoms with E-state index in [9.17, 15) is 4.79 Å². The first-order chi connectivity index (χ1) is 13.9. The summed E-state index contributed by atoms with van der Waals surface area (Å²) < 4.78 is 0. The van der Waals surface area contributed by atoms with E-state index in [1.807, 2.05) is 13.0 Å². The lowest BCUT2D eigenvalue weighted by atomic mass is 9.82. The third-order valence-corrected chi connectivity index (χ3v) is 5.23. The Bertz CT molecular complexity index is 879. The molecule has 8 heteroatoms. The molecule has 1 aromatic rings. The number of carbonyl (C=O) groups excluding carboxylic acids is 1. The number of allylic oxidation sites excluding steroid dienone is 1. The van der Waals surface area contributed by atoms with Crippen LogP contribution in [0.3, 0.4) is 0 Å². The van der Waals surface area contributed by atoms with Crippen LogP contribution in [-0.4, -0.2) is 28.9 Å². The van der Waals surface area contributed by atoms with Crippen LogP contribution in [0.5, 0.6) is 0 Å². The second kappa shape index (κ2) is 8.91. The molecule has 8 nitrogen and oxygen atoms in total. The van der Waals surface area contributed by atoms with Crippen LogP contribution in [0.15, 0.2) is 53.2 Å². The van der Waals surface area contributed by atoms with Gasteiger partial charge >= 0.3 is 0 Å². The van der Waals surface area contributed by atoms with Crippen molar-refractivity contribution in [3.63, 3.8) is 0 Å². The van der Waals surface area contributed by atoms with Crippen molar-refractivity contribution in [3.05, 3.63) is 53.8 Å². The van der Waals surface area contributed by atoms with Gasteiger partial charge in [0.25, 0.3) is 5.91 Å². The standard InChI is InChI=1S/C21H29N7O/c1-3-14-10-15(12-24-11-14)26-19-17(18(22)29)16(4-2)27-20(28-19)25-13-21(23)8-6-5-7-9-21/h3-4,10-12,26H,1,5-9,13,23H2,2H3,(H2,22,29)(H2,25,27,28). The molecule has 0 spiro atoms. The lowest BCUT2D eigenvalue weighted by Gasteiger charge is -2.34. The van der Waals surface area contributed by atoms with Gasteiger partial charge in [0.2, 0.25) is 5.96 Å². The fraction of sp³-hybridized carbons (Fsp3) is 0.381. The molecule has 2 aliphatic rings. The van der Waals surface area contributed by atoms with Gasteiger partial charge in [-0.05, 0) is 31.4 Å². The average Bonchev–Trinajstić information content (AvgIpc) is 2.72. The summed E-state index contributed by atoms with van der Waals surface area (Å²) in [7, 11) is 0. The van der Waals surface area contributed by atoms with Crippen LogP contribution in [0.25, 0.3) is 6.08 Å². The predicted molar refractivity (Wildman–Crippen MR) is 117 cm³/mol. The molecule has 0 bridgehead atoms. The molecule has 2 heterocycles. The highest BCUT2D eigenvalue weighted by Gasteiger charge is 2.29. The van der Waals surface area contributed by atoms with Crippen molar-refractivity contribution in [2.45, 2.75) is 44.6 Å². The molecule has 1 saturated carbocycles. The number of pyridine rings is 1. The molecular formula is C21H29N7O. The summed E-state index contributed by atoms with van der Waals surface area (Å²) in [6.45, 7) is 6.18. The van der Waals surface area contributed by atoms with E-state index in [4.69, 9.17) is 11.5 Å². The average molecular weight is 396 g/mol. The topological polar surface area (TPSA) is 130 Å². The molecule has 7 N–H and O–H groups in total. The number of aromatic nitrogens is 1. The van der Waals surface area contributed by atoms with Crippen LogP contribution >= 0.6 is 0 Å². The van der Waals surface area contributed by atoms with Crippen molar-refractivity contribution in [1.82, 2.24) is 15.6 Å². The van der Waals surface area contributed by atoms with Crippen molar-refractivity contribution in [1.29, 1.82) is 0 Å². The molecular weight excluding hydrogens is 366 g/mol. The van der Waals surface area contributed by atoms with E-state index in [1.54, 1.807) is 24.5 Å². The lowest BCUT2D eigenvalue weighted by Crippen LogP contribution is -2.54. The van der Waals surface area contributed by atoms with E-state index in [0.717, 1.165) is 31.2 Å². The van der Waals surface area contributed by atoms with Crippen LogP contribution in [0.1, 0.15) is 44.6 Å². The van der Waals surface area contributed by atoms with Crippen molar-refractivity contribution < 1.29 is 4.79 Å². The van der Waals surface area contributed by atoms with Gasteiger partial charge in [0.15, 0.2) is 0 Å². The van der Waals surface area contributed by atoms with Crippen LogP contribution in [0.4, 0.5) is 5.69 Å². The second-order valence-corrected chi connectivity index (χ2v) is 7.49. The zero-order valence-electron chi connectivity index (χ0n) is 16.8. The van der Waals surface area contributed by atoms with E-state index < -0.39 is 5.91 Å². The zero-order chi connectivity index (χ0) is 20.9. The van der Waals surface area contributed by atoms with Gasteiger partial charge in [0.05, 0.1) is 17.6 Å². The number of amides is 1. The fourth-order valence-corrected chi connectivity index (χ4v) is 3.62. The van der Waals surface area contributed by atoms with Crippen LogP contribution < -0.4 is 27.4 Å². The van der Waals surface area contributed by atoms with Crippen molar-refractivity contribution in [2.75, 3.05) is 11.9 Å². The molecule has 0 radical (unpaired) electrons. The molecule has 154 valence electrons. The normalized spacial score (nSPS) is 19.9. The van der Waals surface area contributed by atoms with Gasteiger partial charge in [0.1, 0.15) is 11.4 Å². The highest BCUT2D eigenvalue weighted by molar-refractivity contribution is 6.01. The lowest BCUT2D eigenvalue weighted by molar-refractivity contribution is -0.114. The number of hydrogen-bond donors (Lipinski definition) is 5. The van der Waals surface area contributed by atoms with E-state index in [1.165, 1.54) is 6.42 Å². The number of nitrogens with one attached hydrogen (secondary N) is 3. The number of carbonyl (C=O) groups is 1. The van der Waals surface area contributed by atoms with Crippen molar-refractivity contribution >= 4 is 23.6 Å². The monoisotopic (exact) mass is 395 g/mol. The zero-order valence-corrected chi connectivity index (χ0v) is 16.8. The molecule has 0 saturated heterocycles. The Morgan fingerprint density at radius 3 is 2.76 bits per heavy atom. The first-order valence-corrected chi connectivity index (χ1v) is 9.88. The maximum Gasteiger partial charge on any atom is 0.254 e. The third kappa shape index (κ3) is 5.03. The number of aliphatic imine (C=N–C) groups is 1. The van der Waals surface area contributed by atoms with Gasteiger partial charge in [-0.1, -0.05) is 38.0 Å². The summed E-state index contributed by atoms with van der Waals surface area (Å²) in [5.41, 5.74) is 14.3. The summed E-state index contributed by atoms with van der Waals surface area (Å²) >= 11 is 0. The Morgan fingerprint density at radius 2 is 2.10 bits per heavy atom. The Balaban J connectivity index is 1.87. The number of anilines is 1. The quantitative estimate of drug-likeness (QED) is 0.500. The molecule has 1 aromatic heterocycles. The van der Waals surface area contributed by atoms with E-state index in [2.05, 4.69) is 32.5 Å². The number of guanidine groups is 1. The van der Waals surface area contributed by atoms with E-state index in [0.29, 0.717) is 29.7 Å². The Kier molecular flexibility index (Phi) is 6.33. The summed E-state index contributed by atoms with van der Waals surface area (Å²) in [6.07, 6.45) is 12.3. The number of rotatable bonds is 6. The molecule has 1 fully saturated rings. The number of hydrogen-bond acceptors (Lipinski definition) is 7. The molecule has 3 rings (SSSR count). The number of nitrogens with zero attached hydrogens (tertiary/aromatic N) is 2. The van der Waals surface area contributed by atoms with Gasteiger partial charge in [0, 0.05) is 18.3 Å². The number of primary amides is 1. The van der Waals surface area contributed by atoms with Crippen LogP contribution in [-0.2, 0) is 4.79 Å². The largest absolute Gasteiger partial charge is 0.365 e. The van der Waals surface area contributed by atoms with Gasteiger partial charge in [-0.3, -0.25) is 9.78 Å². The summed E-state index contributed by atoms with van der Waals surface area (Å²) in [5, 5.41) is 9.61.